The summed E-state index contributed by atoms with van der Waals surface area (Å²) in [6.07, 6.45) is 0.115. The lowest BCUT2D eigenvalue weighted by atomic mass is 10.00. The summed E-state index contributed by atoms with van der Waals surface area (Å²) in [7, 11) is -4.20. The minimum Gasteiger partial charge on any atom is -0.494 e. The summed E-state index contributed by atoms with van der Waals surface area (Å²) in [6, 6.07) is 9.70. The molecule has 0 N–H and O–H groups in total. The molecule has 3 rings (SSSR count). The fourth-order valence-electron chi connectivity index (χ4n) is 3.72. The van der Waals surface area contributed by atoms with Crippen molar-refractivity contribution in [3.05, 3.63) is 54.3 Å². The van der Waals surface area contributed by atoms with Gasteiger partial charge in [-0.05, 0) is 75.7 Å². The molecule has 0 spiro atoms. The van der Waals surface area contributed by atoms with Crippen LogP contribution in [0.3, 0.4) is 0 Å². The maximum Gasteiger partial charge on any atom is 0.252 e. The van der Waals surface area contributed by atoms with E-state index in [2.05, 4.69) is 0 Å². The first-order valence-electron chi connectivity index (χ1n) is 10.4. The number of carbonyl (C=O) groups excluding carboxylic acids is 2. The van der Waals surface area contributed by atoms with Crippen molar-refractivity contribution in [2.75, 3.05) is 11.5 Å². The van der Waals surface area contributed by atoms with E-state index in [1.165, 1.54) is 0 Å². The first-order valence-corrected chi connectivity index (χ1v) is 11.9. The number of nitrogens with zero attached hydrogens (tertiary/aromatic N) is 2. The quantitative estimate of drug-likeness (QED) is 0.558. The number of hydrogen-bond acceptors (Lipinski definition) is 5. The van der Waals surface area contributed by atoms with Gasteiger partial charge in [-0.25, -0.2) is 17.7 Å². The Morgan fingerprint density at radius 3 is 2.19 bits per heavy atom. The molecule has 1 aliphatic rings. The van der Waals surface area contributed by atoms with Gasteiger partial charge in [0.05, 0.1) is 23.6 Å². The van der Waals surface area contributed by atoms with E-state index in [1.54, 1.807) is 45.0 Å². The number of hydrogen-bond donors (Lipinski definition) is 0. The van der Waals surface area contributed by atoms with Crippen LogP contribution < -0.4 is 9.64 Å². The molecule has 1 heterocycles. The molecule has 1 atom stereocenters. The summed E-state index contributed by atoms with van der Waals surface area (Å²) in [4.78, 5) is 27.1. The molecule has 1 fully saturated rings. The van der Waals surface area contributed by atoms with Crippen molar-refractivity contribution in [1.29, 1.82) is 0 Å². The molecule has 2 aromatic carbocycles. The third-order valence-corrected chi connectivity index (χ3v) is 7.78. The van der Waals surface area contributed by atoms with Crippen LogP contribution in [0, 0.1) is 5.82 Å². The molecule has 7 nitrogen and oxygen atoms in total. The van der Waals surface area contributed by atoms with Gasteiger partial charge >= 0.3 is 0 Å². The van der Waals surface area contributed by atoms with E-state index in [9.17, 15) is 22.4 Å². The number of amides is 2. The molecule has 172 valence electrons. The number of ether oxygens (including phenoxy) is 1. The molecule has 0 aliphatic carbocycles. The normalized spacial score (nSPS) is 17.3. The standard InChI is InChI=1S/C23H27FN2O5S/c1-5-23(3,4)26(32(29,30)19-13-7-16(24)8-14-19)20-15-21(27)25(22(20)28)17-9-11-18(12-10-17)31-6-2/h7-14,20H,5-6,15H2,1-4H3. The molecule has 0 bridgehead atoms. The van der Waals surface area contributed by atoms with Crippen LogP contribution in [0.5, 0.6) is 5.75 Å². The van der Waals surface area contributed by atoms with E-state index >= 15 is 0 Å². The van der Waals surface area contributed by atoms with Gasteiger partial charge in [0.15, 0.2) is 0 Å². The molecular weight excluding hydrogens is 435 g/mol. The van der Waals surface area contributed by atoms with Gasteiger partial charge in [0.25, 0.3) is 5.91 Å². The van der Waals surface area contributed by atoms with E-state index in [4.69, 9.17) is 4.74 Å². The highest BCUT2D eigenvalue weighted by Crippen LogP contribution is 2.36. The molecule has 1 aliphatic heterocycles. The molecule has 2 aromatic rings. The molecule has 1 unspecified atom stereocenters. The first kappa shape index (κ1) is 23.9. The third kappa shape index (κ3) is 4.40. The molecule has 9 heteroatoms. The van der Waals surface area contributed by atoms with Gasteiger partial charge < -0.3 is 4.74 Å². The Balaban J connectivity index is 2.02. The monoisotopic (exact) mass is 462 g/mol. The van der Waals surface area contributed by atoms with Gasteiger partial charge in [-0.2, -0.15) is 4.31 Å². The molecule has 1 saturated heterocycles. The van der Waals surface area contributed by atoms with Gasteiger partial charge in [0.2, 0.25) is 15.9 Å². The minimum atomic E-state index is -4.20. The highest BCUT2D eigenvalue weighted by molar-refractivity contribution is 7.89. The first-order chi connectivity index (χ1) is 15.0. The van der Waals surface area contributed by atoms with Crippen LogP contribution in [0.2, 0.25) is 0 Å². The van der Waals surface area contributed by atoms with Crippen molar-refractivity contribution in [2.24, 2.45) is 0 Å². The summed E-state index contributed by atoms with van der Waals surface area (Å²) in [5.74, 6) is -1.08. The zero-order valence-electron chi connectivity index (χ0n) is 18.5. The Hall–Kier alpha value is -2.78. The van der Waals surface area contributed by atoms with Crippen LogP contribution in [0.15, 0.2) is 53.4 Å². The van der Waals surface area contributed by atoms with Gasteiger partial charge in [-0.15, -0.1) is 0 Å². The Morgan fingerprint density at radius 2 is 1.66 bits per heavy atom. The second-order valence-electron chi connectivity index (χ2n) is 8.13. The van der Waals surface area contributed by atoms with Crippen LogP contribution >= 0.6 is 0 Å². The average Bonchev–Trinajstić information content (AvgIpc) is 3.02. The third-order valence-electron chi connectivity index (χ3n) is 5.64. The van der Waals surface area contributed by atoms with Crippen molar-refractivity contribution in [2.45, 2.75) is 57.0 Å². The van der Waals surface area contributed by atoms with Crippen molar-refractivity contribution in [3.63, 3.8) is 0 Å². The van der Waals surface area contributed by atoms with Crippen LogP contribution in [-0.2, 0) is 19.6 Å². The number of imide groups is 1. The number of carbonyl (C=O) groups is 2. The highest BCUT2D eigenvalue weighted by atomic mass is 32.2. The van der Waals surface area contributed by atoms with E-state index in [1.807, 2.05) is 6.92 Å². The van der Waals surface area contributed by atoms with Gasteiger partial charge in [-0.3, -0.25) is 9.59 Å². The van der Waals surface area contributed by atoms with Crippen molar-refractivity contribution < 1.29 is 27.1 Å². The van der Waals surface area contributed by atoms with E-state index < -0.39 is 39.2 Å². The SMILES string of the molecule is CCOc1ccc(N2C(=O)CC(N(C(C)(C)CC)S(=O)(=O)c3ccc(F)cc3)C2=O)cc1. The number of rotatable bonds is 8. The van der Waals surface area contributed by atoms with Gasteiger partial charge in [0.1, 0.15) is 17.6 Å². The van der Waals surface area contributed by atoms with Crippen molar-refractivity contribution in [1.82, 2.24) is 4.31 Å². The lowest BCUT2D eigenvalue weighted by molar-refractivity contribution is -0.122. The fraction of sp³-hybridized carbons (Fsp3) is 0.391. The smallest absolute Gasteiger partial charge is 0.252 e. The Bertz CT molecular complexity index is 1100. The summed E-state index contributed by atoms with van der Waals surface area (Å²) >= 11 is 0. The largest absolute Gasteiger partial charge is 0.494 e. The van der Waals surface area contributed by atoms with Gasteiger partial charge in [-0.1, -0.05) is 6.92 Å². The maximum atomic E-state index is 13.6. The van der Waals surface area contributed by atoms with Crippen LogP contribution in [0.25, 0.3) is 0 Å². The Labute approximate surface area is 187 Å². The molecular formula is C23H27FN2O5S. The summed E-state index contributed by atoms with van der Waals surface area (Å²) in [6.45, 7) is 7.53. The molecule has 0 radical (unpaired) electrons. The number of halogens is 1. The predicted molar refractivity (Wildman–Crippen MR) is 118 cm³/mol. The summed E-state index contributed by atoms with van der Waals surface area (Å²) < 4.78 is 47.0. The number of benzene rings is 2. The molecule has 0 saturated carbocycles. The van der Waals surface area contributed by atoms with E-state index in [0.29, 0.717) is 24.5 Å². The molecule has 32 heavy (non-hydrogen) atoms. The number of anilines is 1. The highest BCUT2D eigenvalue weighted by Gasteiger charge is 2.51. The van der Waals surface area contributed by atoms with Crippen LogP contribution in [-0.4, -0.2) is 42.7 Å². The van der Waals surface area contributed by atoms with Crippen LogP contribution in [0.1, 0.15) is 40.5 Å². The summed E-state index contributed by atoms with van der Waals surface area (Å²) in [5, 5.41) is 0. The van der Waals surface area contributed by atoms with E-state index in [0.717, 1.165) is 33.5 Å². The zero-order valence-corrected chi connectivity index (χ0v) is 19.4. The van der Waals surface area contributed by atoms with Crippen LogP contribution in [0.4, 0.5) is 10.1 Å². The predicted octanol–water partition coefficient (Wildman–Crippen LogP) is 3.74. The number of sulfonamides is 1. The second-order valence-corrected chi connectivity index (χ2v) is 9.95. The zero-order chi connectivity index (χ0) is 23.7. The van der Waals surface area contributed by atoms with Gasteiger partial charge in [0, 0.05) is 5.54 Å². The Morgan fingerprint density at radius 1 is 1.06 bits per heavy atom. The molecule has 0 aromatic heterocycles. The average molecular weight is 463 g/mol. The lowest BCUT2D eigenvalue weighted by Gasteiger charge is -2.39. The van der Waals surface area contributed by atoms with Crippen molar-refractivity contribution in [3.8, 4) is 5.75 Å². The van der Waals surface area contributed by atoms with E-state index in [-0.39, 0.29) is 11.3 Å². The van der Waals surface area contributed by atoms with Crippen molar-refractivity contribution >= 4 is 27.5 Å². The minimum absolute atomic E-state index is 0.139. The topological polar surface area (TPSA) is 84.0 Å². The fourth-order valence-corrected chi connectivity index (χ4v) is 5.71. The second kappa shape index (κ2) is 8.99. The maximum absolute atomic E-state index is 13.6. The summed E-state index contributed by atoms with van der Waals surface area (Å²) in [5.41, 5.74) is -0.623. The molecule has 2 amide bonds. The lowest BCUT2D eigenvalue weighted by Crippen LogP contribution is -2.55. The Kier molecular flexibility index (Phi) is 6.71.